The summed E-state index contributed by atoms with van der Waals surface area (Å²) < 4.78 is 32.7. The van der Waals surface area contributed by atoms with E-state index in [9.17, 15) is 18.0 Å². The largest absolute Gasteiger partial charge is 0.454 e. The highest BCUT2D eigenvalue weighted by molar-refractivity contribution is 7.89. The molecule has 0 N–H and O–H groups in total. The Morgan fingerprint density at radius 2 is 1.74 bits per heavy atom. The number of esters is 1. The number of sulfonamides is 1. The molecule has 31 heavy (non-hydrogen) atoms. The third-order valence-electron chi connectivity index (χ3n) is 5.11. The van der Waals surface area contributed by atoms with Crippen molar-refractivity contribution < 1.29 is 22.7 Å². The quantitative estimate of drug-likeness (QED) is 0.439. The molecule has 1 fully saturated rings. The van der Waals surface area contributed by atoms with Crippen molar-refractivity contribution in [2.24, 2.45) is 11.8 Å². The van der Waals surface area contributed by atoms with Gasteiger partial charge in [-0.2, -0.15) is 4.31 Å². The van der Waals surface area contributed by atoms with Crippen LogP contribution in [0, 0.1) is 11.8 Å². The van der Waals surface area contributed by atoms with Gasteiger partial charge in [0.1, 0.15) is 0 Å². The smallest absolute Gasteiger partial charge is 0.338 e. The zero-order valence-corrected chi connectivity index (χ0v) is 19.5. The maximum Gasteiger partial charge on any atom is 0.338 e. The number of carbonyl (C=O) groups is 2. The first-order valence-electron chi connectivity index (χ1n) is 9.83. The second-order valence-corrected chi connectivity index (χ2v) is 10.7. The average Bonchev–Trinajstić information content (AvgIpc) is 2.72. The van der Waals surface area contributed by atoms with E-state index in [1.54, 1.807) is 6.07 Å². The minimum Gasteiger partial charge on any atom is -0.454 e. The maximum atomic E-state index is 13.1. The lowest BCUT2D eigenvalue weighted by Crippen LogP contribution is -2.42. The molecule has 9 heteroatoms. The summed E-state index contributed by atoms with van der Waals surface area (Å²) in [5.74, 6) is -0.795. The second kappa shape index (κ2) is 9.69. The number of halogens is 2. The number of carbonyl (C=O) groups excluding carboxylic acids is 2. The van der Waals surface area contributed by atoms with Gasteiger partial charge in [-0.05, 0) is 54.7 Å². The van der Waals surface area contributed by atoms with E-state index in [0.717, 1.165) is 6.42 Å². The van der Waals surface area contributed by atoms with Crippen molar-refractivity contribution in [1.29, 1.82) is 0 Å². The molecular weight excluding hydrogens is 461 g/mol. The van der Waals surface area contributed by atoms with Crippen molar-refractivity contribution in [2.75, 3.05) is 19.7 Å². The molecule has 1 aliphatic heterocycles. The minimum absolute atomic E-state index is 0.0208. The van der Waals surface area contributed by atoms with Gasteiger partial charge in [0.2, 0.25) is 15.8 Å². The first-order chi connectivity index (χ1) is 14.6. The number of ketones is 1. The molecule has 1 aliphatic rings. The molecule has 0 saturated carbocycles. The predicted octanol–water partition coefficient (Wildman–Crippen LogP) is 4.70. The zero-order chi connectivity index (χ0) is 22.8. The average molecular weight is 484 g/mol. The molecule has 0 spiro atoms. The second-order valence-electron chi connectivity index (χ2n) is 7.92. The van der Waals surface area contributed by atoms with E-state index in [4.69, 9.17) is 27.9 Å². The zero-order valence-electron chi connectivity index (χ0n) is 17.2. The summed E-state index contributed by atoms with van der Waals surface area (Å²) in [4.78, 5) is 24.8. The fourth-order valence-corrected chi connectivity index (χ4v) is 5.86. The van der Waals surface area contributed by atoms with E-state index in [0.29, 0.717) is 18.1 Å². The minimum atomic E-state index is -3.74. The third-order valence-corrected chi connectivity index (χ3v) is 7.50. The summed E-state index contributed by atoms with van der Waals surface area (Å²) in [5.41, 5.74) is 0.191. The molecule has 6 nitrogen and oxygen atoms in total. The Morgan fingerprint density at radius 1 is 1.06 bits per heavy atom. The molecule has 1 saturated heterocycles. The highest BCUT2D eigenvalue weighted by atomic mass is 35.5. The van der Waals surface area contributed by atoms with E-state index in [-0.39, 0.29) is 32.9 Å². The molecule has 2 unspecified atom stereocenters. The van der Waals surface area contributed by atoms with Gasteiger partial charge in [0.25, 0.3) is 0 Å². The Morgan fingerprint density at radius 3 is 2.42 bits per heavy atom. The van der Waals surface area contributed by atoms with E-state index in [1.807, 2.05) is 13.8 Å². The molecule has 2 atom stereocenters. The monoisotopic (exact) mass is 483 g/mol. The maximum absolute atomic E-state index is 13.1. The Balaban J connectivity index is 1.73. The number of benzene rings is 2. The Hall–Kier alpha value is -1.93. The standard InChI is InChI=1S/C22H23Cl2NO5S/c1-14-8-15(2)12-25(11-14)31(28,29)18-5-3-4-16(9-18)22(27)30-13-21(26)19-10-17(23)6-7-20(19)24/h3-7,9-10,14-15H,8,11-13H2,1-2H3. The summed E-state index contributed by atoms with van der Waals surface area (Å²) in [6, 6.07) is 10.1. The van der Waals surface area contributed by atoms with Crippen LogP contribution in [0.4, 0.5) is 0 Å². The Labute approximate surface area is 192 Å². The molecule has 2 aromatic carbocycles. The van der Waals surface area contributed by atoms with Crippen molar-refractivity contribution in [3.8, 4) is 0 Å². The summed E-state index contributed by atoms with van der Waals surface area (Å²) in [6.45, 7) is 4.38. The van der Waals surface area contributed by atoms with Gasteiger partial charge in [0.05, 0.1) is 15.5 Å². The number of piperidine rings is 1. The van der Waals surface area contributed by atoms with Crippen molar-refractivity contribution in [2.45, 2.75) is 25.2 Å². The van der Waals surface area contributed by atoms with Crippen LogP contribution in [0.25, 0.3) is 0 Å². The lowest BCUT2D eigenvalue weighted by molar-refractivity contribution is 0.0474. The fraction of sp³-hybridized carbons (Fsp3) is 0.364. The molecule has 1 heterocycles. The van der Waals surface area contributed by atoms with Gasteiger partial charge in [0, 0.05) is 23.7 Å². The van der Waals surface area contributed by atoms with Crippen LogP contribution in [-0.4, -0.2) is 44.2 Å². The predicted molar refractivity (Wildman–Crippen MR) is 119 cm³/mol. The van der Waals surface area contributed by atoms with Crippen LogP contribution in [-0.2, 0) is 14.8 Å². The molecule has 2 aromatic rings. The molecule has 0 radical (unpaired) electrons. The summed E-state index contributed by atoms with van der Waals surface area (Å²) in [5, 5.41) is 0.530. The number of rotatable bonds is 6. The first kappa shape index (κ1) is 23.7. The van der Waals surface area contributed by atoms with E-state index in [1.165, 1.54) is 40.7 Å². The Kier molecular flexibility index (Phi) is 7.42. The van der Waals surface area contributed by atoms with Gasteiger partial charge < -0.3 is 4.74 Å². The number of hydrogen-bond acceptors (Lipinski definition) is 5. The van der Waals surface area contributed by atoms with E-state index < -0.39 is 28.4 Å². The lowest BCUT2D eigenvalue weighted by atomic mass is 9.94. The number of ether oxygens (including phenoxy) is 1. The summed E-state index contributed by atoms with van der Waals surface area (Å²) in [6.07, 6.45) is 0.975. The number of Topliss-reactive ketones (excluding diaryl/α,β-unsaturated/α-hetero) is 1. The van der Waals surface area contributed by atoms with Crippen LogP contribution >= 0.6 is 23.2 Å². The highest BCUT2D eigenvalue weighted by Crippen LogP contribution is 2.27. The van der Waals surface area contributed by atoms with E-state index in [2.05, 4.69) is 0 Å². The molecule has 0 amide bonds. The fourth-order valence-electron chi connectivity index (χ4n) is 3.74. The topological polar surface area (TPSA) is 80.8 Å². The molecule has 0 aromatic heterocycles. The van der Waals surface area contributed by atoms with Gasteiger partial charge >= 0.3 is 5.97 Å². The van der Waals surface area contributed by atoms with Gasteiger partial charge in [-0.15, -0.1) is 0 Å². The molecule has 0 aliphatic carbocycles. The summed E-state index contributed by atoms with van der Waals surface area (Å²) in [7, 11) is -3.74. The summed E-state index contributed by atoms with van der Waals surface area (Å²) >= 11 is 11.9. The van der Waals surface area contributed by atoms with Crippen molar-refractivity contribution in [1.82, 2.24) is 4.31 Å². The van der Waals surface area contributed by atoms with E-state index >= 15 is 0 Å². The normalized spacial score (nSPS) is 19.7. The SMILES string of the molecule is CC1CC(C)CN(S(=O)(=O)c2cccc(C(=O)OCC(=O)c3cc(Cl)ccc3Cl)c2)C1. The first-order valence-corrected chi connectivity index (χ1v) is 12.0. The van der Waals surface area contributed by atoms with Crippen molar-refractivity contribution in [3.63, 3.8) is 0 Å². The van der Waals surface area contributed by atoms with Crippen LogP contribution in [0.15, 0.2) is 47.4 Å². The lowest BCUT2D eigenvalue weighted by Gasteiger charge is -2.34. The molecular formula is C22H23Cl2NO5S. The molecule has 0 bridgehead atoms. The van der Waals surface area contributed by atoms with Gasteiger partial charge in [-0.1, -0.05) is 43.1 Å². The van der Waals surface area contributed by atoms with Crippen LogP contribution in [0.1, 0.15) is 41.0 Å². The Bertz CT molecular complexity index is 1090. The number of nitrogens with zero attached hydrogens (tertiary/aromatic N) is 1. The molecule has 3 rings (SSSR count). The van der Waals surface area contributed by atoms with Crippen LogP contribution in [0.5, 0.6) is 0 Å². The van der Waals surface area contributed by atoms with Crippen LogP contribution in [0.3, 0.4) is 0 Å². The molecule has 166 valence electrons. The third kappa shape index (κ3) is 5.66. The van der Waals surface area contributed by atoms with Crippen LogP contribution < -0.4 is 0 Å². The highest BCUT2D eigenvalue weighted by Gasteiger charge is 2.32. The van der Waals surface area contributed by atoms with Crippen molar-refractivity contribution >= 4 is 45.0 Å². The van der Waals surface area contributed by atoms with Crippen LogP contribution in [0.2, 0.25) is 10.0 Å². The van der Waals surface area contributed by atoms with Crippen molar-refractivity contribution in [3.05, 3.63) is 63.6 Å². The van der Waals surface area contributed by atoms with Gasteiger partial charge in [0.15, 0.2) is 6.61 Å². The van der Waals surface area contributed by atoms with Gasteiger partial charge in [-0.25, -0.2) is 13.2 Å². The van der Waals surface area contributed by atoms with Gasteiger partial charge in [-0.3, -0.25) is 4.79 Å². The number of hydrogen-bond donors (Lipinski definition) is 0.